The molecule has 1 aromatic carbocycles. The van der Waals surface area contributed by atoms with Crippen LogP contribution in [-0.4, -0.2) is 11.0 Å². The van der Waals surface area contributed by atoms with E-state index < -0.39 is 5.82 Å². The number of aromatic nitrogens is 1. The molecule has 0 saturated carbocycles. The molecule has 0 aliphatic heterocycles. The number of rotatable bonds is 5. The molecule has 2 rings (SSSR count). The minimum Gasteiger partial charge on any atom is -0.435 e. The van der Waals surface area contributed by atoms with Crippen molar-refractivity contribution in [2.24, 2.45) is 0 Å². The van der Waals surface area contributed by atoms with Crippen LogP contribution in [0.25, 0.3) is 0 Å². The Labute approximate surface area is 133 Å². The van der Waals surface area contributed by atoms with Gasteiger partial charge in [-0.1, -0.05) is 43.1 Å². The largest absolute Gasteiger partial charge is 0.435 e. The molecule has 2 aromatic rings. The first kappa shape index (κ1) is 16.0. The Bertz CT molecular complexity index is 635. The second kappa shape index (κ2) is 7.07. The SMILES string of the molecule is CC(C)NCc1ccnc(Oc2cccc(Cl)c2Cl)c1F. The molecule has 6 heteroatoms. The van der Waals surface area contributed by atoms with E-state index in [-0.39, 0.29) is 22.7 Å². The van der Waals surface area contributed by atoms with Gasteiger partial charge in [0.15, 0.2) is 5.82 Å². The molecule has 1 N–H and O–H groups in total. The molecular formula is C15H15Cl2FN2O. The molecule has 1 heterocycles. The summed E-state index contributed by atoms with van der Waals surface area (Å²) in [7, 11) is 0. The van der Waals surface area contributed by atoms with Crippen LogP contribution in [0.15, 0.2) is 30.5 Å². The molecule has 0 aliphatic carbocycles. The highest BCUT2D eigenvalue weighted by Crippen LogP contribution is 2.35. The summed E-state index contributed by atoms with van der Waals surface area (Å²) in [6, 6.07) is 6.77. The Hall–Kier alpha value is -1.36. The summed E-state index contributed by atoms with van der Waals surface area (Å²) in [4.78, 5) is 3.91. The summed E-state index contributed by atoms with van der Waals surface area (Å²) in [6.45, 7) is 4.37. The maximum absolute atomic E-state index is 14.3. The van der Waals surface area contributed by atoms with Crippen molar-refractivity contribution in [3.8, 4) is 11.6 Å². The summed E-state index contributed by atoms with van der Waals surface area (Å²) < 4.78 is 19.8. The molecule has 0 fully saturated rings. The second-order valence-electron chi connectivity index (χ2n) is 4.78. The molecule has 0 bridgehead atoms. The lowest BCUT2D eigenvalue weighted by molar-refractivity contribution is 0.416. The van der Waals surface area contributed by atoms with Crippen molar-refractivity contribution in [2.45, 2.75) is 26.4 Å². The van der Waals surface area contributed by atoms with Gasteiger partial charge < -0.3 is 10.1 Å². The van der Waals surface area contributed by atoms with Crippen LogP contribution in [0.3, 0.4) is 0 Å². The van der Waals surface area contributed by atoms with Crippen molar-refractivity contribution in [2.75, 3.05) is 0 Å². The summed E-state index contributed by atoms with van der Waals surface area (Å²) in [5.41, 5.74) is 0.479. The molecule has 0 saturated heterocycles. The molecule has 0 radical (unpaired) electrons. The van der Waals surface area contributed by atoms with Crippen molar-refractivity contribution in [3.63, 3.8) is 0 Å². The van der Waals surface area contributed by atoms with Crippen LogP contribution in [0.2, 0.25) is 10.0 Å². The Balaban J connectivity index is 2.24. The van der Waals surface area contributed by atoms with Crippen LogP contribution < -0.4 is 10.1 Å². The number of hydrogen-bond acceptors (Lipinski definition) is 3. The molecule has 3 nitrogen and oxygen atoms in total. The maximum atomic E-state index is 14.3. The first-order chi connectivity index (χ1) is 9.99. The van der Waals surface area contributed by atoms with Gasteiger partial charge in [-0.15, -0.1) is 0 Å². The summed E-state index contributed by atoms with van der Waals surface area (Å²) in [5, 5.41) is 3.71. The smallest absolute Gasteiger partial charge is 0.256 e. The predicted molar refractivity (Wildman–Crippen MR) is 82.7 cm³/mol. The van der Waals surface area contributed by atoms with E-state index in [9.17, 15) is 4.39 Å². The monoisotopic (exact) mass is 328 g/mol. The van der Waals surface area contributed by atoms with E-state index >= 15 is 0 Å². The average Bonchev–Trinajstić information content (AvgIpc) is 2.44. The normalized spacial score (nSPS) is 11.0. The molecule has 0 atom stereocenters. The third-order valence-corrected chi connectivity index (χ3v) is 3.56. The van der Waals surface area contributed by atoms with Crippen molar-refractivity contribution >= 4 is 23.2 Å². The van der Waals surface area contributed by atoms with Gasteiger partial charge in [0.25, 0.3) is 5.88 Å². The van der Waals surface area contributed by atoms with Gasteiger partial charge in [-0.3, -0.25) is 0 Å². The average molecular weight is 329 g/mol. The lowest BCUT2D eigenvalue weighted by atomic mass is 10.2. The zero-order chi connectivity index (χ0) is 15.4. The fourth-order valence-electron chi connectivity index (χ4n) is 1.65. The highest BCUT2D eigenvalue weighted by atomic mass is 35.5. The van der Waals surface area contributed by atoms with Gasteiger partial charge in [-0.05, 0) is 18.2 Å². The predicted octanol–water partition coefficient (Wildman–Crippen LogP) is 4.82. The van der Waals surface area contributed by atoms with Crippen molar-refractivity contribution < 1.29 is 9.13 Å². The number of ether oxygens (including phenoxy) is 1. The molecule has 0 aliphatic rings. The van der Waals surface area contributed by atoms with E-state index in [2.05, 4.69) is 10.3 Å². The van der Waals surface area contributed by atoms with Crippen LogP contribution in [0.5, 0.6) is 11.6 Å². The number of nitrogens with one attached hydrogen (secondary N) is 1. The topological polar surface area (TPSA) is 34.2 Å². The molecular weight excluding hydrogens is 314 g/mol. The zero-order valence-electron chi connectivity index (χ0n) is 11.7. The fraction of sp³-hybridized carbons (Fsp3) is 0.267. The minimum absolute atomic E-state index is 0.123. The minimum atomic E-state index is -0.512. The van der Waals surface area contributed by atoms with E-state index in [0.29, 0.717) is 17.1 Å². The summed E-state index contributed by atoms with van der Waals surface area (Å²) in [5.74, 6) is -0.367. The van der Waals surface area contributed by atoms with Gasteiger partial charge in [0.2, 0.25) is 0 Å². The number of nitrogens with zero attached hydrogens (tertiary/aromatic N) is 1. The van der Waals surface area contributed by atoms with Gasteiger partial charge >= 0.3 is 0 Å². The van der Waals surface area contributed by atoms with E-state index in [4.69, 9.17) is 27.9 Å². The molecule has 112 valence electrons. The van der Waals surface area contributed by atoms with Crippen LogP contribution in [-0.2, 0) is 6.54 Å². The third-order valence-electron chi connectivity index (χ3n) is 2.76. The number of halogens is 3. The van der Waals surface area contributed by atoms with Crippen LogP contribution >= 0.6 is 23.2 Å². The van der Waals surface area contributed by atoms with E-state index in [1.165, 1.54) is 6.20 Å². The van der Waals surface area contributed by atoms with Crippen LogP contribution in [0.1, 0.15) is 19.4 Å². The third kappa shape index (κ3) is 4.06. The van der Waals surface area contributed by atoms with Gasteiger partial charge in [-0.2, -0.15) is 0 Å². The Kier molecular flexibility index (Phi) is 5.39. The first-order valence-electron chi connectivity index (χ1n) is 6.47. The lowest BCUT2D eigenvalue weighted by Gasteiger charge is -2.12. The highest BCUT2D eigenvalue weighted by molar-refractivity contribution is 6.42. The van der Waals surface area contributed by atoms with Gasteiger partial charge in [0, 0.05) is 24.3 Å². The number of benzene rings is 1. The zero-order valence-corrected chi connectivity index (χ0v) is 13.2. The van der Waals surface area contributed by atoms with E-state index in [0.717, 1.165) is 0 Å². The summed E-state index contributed by atoms with van der Waals surface area (Å²) in [6.07, 6.45) is 1.49. The van der Waals surface area contributed by atoms with Gasteiger partial charge in [0.05, 0.1) is 5.02 Å². The van der Waals surface area contributed by atoms with Gasteiger partial charge in [0.1, 0.15) is 10.8 Å². The molecule has 0 unspecified atom stereocenters. The van der Waals surface area contributed by atoms with Crippen molar-refractivity contribution in [1.82, 2.24) is 10.3 Å². The molecule has 0 spiro atoms. The number of hydrogen-bond donors (Lipinski definition) is 1. The molecule has 21 heavy (non-hydrogen) atoms. The Morgan fingerprint density at radius 2 is 2.05 bits per heavy atom. The molecule has 0 amide bonds. The Morgan fingerprint density at radius 3 is 2.76 bits per heavy atom. The van der Waals surface area contributed by atoms with E-state index in [1.54, 1.807) is 24.3 Å². The van der Waals surface area contributed by atoms with Gasteiger partial charge in [-0.25, -0.2) is 9.37 Å². The lowest BCUT2D eigenvalue weighted by Crippen LogP contribution is -2.22. The highest BCUT2D eigenvalue weighted by Gasteiger charge is 2.14. The van der Waals surface area contributed by atoms with E-state index in [1.807, 2.05) is 13.8 Å². The van der Waals surface area contributed by atoms with Crippen molar-refractivity contribution in [1.29, 1.82) is 0 Å². The molecule has 1 aromatic heterocycles. The second-order valence-corrected chi connectivity index (χ2v) is 5.56. The standard InChI is InChI=1S/C15H15Cl2FN2O/c1-9(2)20-8-10-6-7-19-15(14(10)18)21-12-5-3-4-11(16)13(12)17/h3-7,9,20H,8H2,1-2H3. The maximum Gasteiger partial charge on any atom is 0.256 e. The first-order valence-corrected chi connectivity index (χ1v) is 7.23. The summed E-state index contributed by atoms with van der Waals surface area (Å²) >= 11 is 11.9. The van der Waals surface area contributed by atoms with Crippen LogP contribution in [0.4, 0.5) is 4.39 Å². The fourth-order valence-corrected chi connectivity index (χ4v) is 1.98. The Morgan fingerprint density at radius 1 is 1.29 bits per heavy atom. The number of pyridine rings is 1. The van der Waals surface area contributed by atoms with Crippen molar-refractivity contribution in [3.05, 3.63) is 51.9 Å². The van der Waals surface area contributed by atoms with Crippen LogP contribution in [0, 0.1) is 5.82 Å². The quantitative estimate of drug-likeness (QED) is 0.854.